The Morgan fingerprint density at radius 3 is 2.74 bits per heavy atom. The highest BCUT2D eigenvalue weighted by atomic mass is 16.5. The topological polar surface area (TPSA) is 103 Å². The molecule has 6 rings (SSSR count). The first kappa shape index (κ1) is 28.0. The van der Waals surface area contributed by atoms with Crippen LogP contribution in [0.4, 0.5) is 16.2 Å². The summed E-state index contributed by atoms with van der Waals surface area (Å²) in [7, 11) is 0. The number of rotatable bonds is 7. The molecule has 42 heavy (non-hydrogen) atoms. The standard InChI is InChI=1S/C32H39N7O3/c1-3-24-21-37(32(41)39-17-14-22-8-5-6-10-27(22)39)18-19-38(24)28-12-11-26(25-9-7-15-34-31(25)42-4-2)36-29(28)30(40)35-23-13-16-33-20-23/h5-12,15,23-24,33H,3-4,13-14,16-21H2,1-2H3,(H,35,40)/t23-,24-/m1/s1. The van der Waals surface area contributed by atoms with Crippen molar-refractivity contribution >= 4 is 23.3 Å². The molecule has 0 saturated carbocycles. The number of carbonyl (C=O) groups is 2. The molecular weight excluding hydrogens is 530 g/mol. The summed E-state index contributed by atoms with van der Waals surface area (Å²) in [5, 5.41) is 6.51. The molecule has 10 nitrogen and oxygen atoms in total. The van der Waals surface area contributed by atoms with Gasteiger partial charge in [0, 0.05) is 56.7 Å². The minimum Gasteiger partial charge on any atom is -0.477 e. The number of hydrogen-bond donors (Lipinski definition) is 2. The van der Waals surface area contributed by atoms with Crippen molar-refractivity contribution < 1.29 is 14.3 Å². The number of benzene rings is 1. The van der Waals surface area contributed by atoms with Crippen LogP contribution in [0.1, 0.15) is 42.7 Å². The van der Waals surface area contributed by atoms with Crippen LogP contribution in [0.15, 0.2) is 54.7 Å². The molecule has 2 fully saturated rings. The maximum absolute atomic E-state index is 13.8. The van der Waals surface area contributed by atoms with Gasteiger partial charge in [0.15, 0.2) is 5.69 Å². The van der Waals surface area contributed by atoms with Crippen LogP contribution in [0.5, 0.6) is 5.88 Å². The molecule has 0 unspecified atom stereocenters. The van der Waals surface area contributed by atoms with Gasteiger partial charge in [0.2, 0.25) is 5.88 Å². The summed E-state index contributed by atoms with van der Waals surface area (Å²) in [6.45, 7) is 8.63. The number of pyridine rings is 2. The Morgan fingerprint density at radius 2 is 1.93 bits per heavy atom. The van der Waals surface area contributed by atoms with Gasteiger partial charge in [-0.2, -0.15) is 0 Å². The van der Waals surface area contributed by atoms with Gasteiger partial charge < -0.3 is 25.2 Å². The van der Waals surface area contributed by atoms with Crippen LogP contribution in [0.3, 0.4) is 0 Å². The van der Waals surface area contributed by atoms with Gasteiger partial charge in [-0.25, -0.2) is 14.8 Å². The Kier molecular flexibility index (Phi) is 8.23. The van der Waals surface area contributed by atoms with E-state index in [9.17, 15) is 9.59 Å². The number of ether oxygens (including phenoxy) is 1. The van der Waals surface area contributed by atoms with E-state index in [1.165, 1.54) is 5.56 Å². The van der Waals surface area contributed by atoms with Gasteiger partial charge in [0.25, 0.3) is 5.91 Å². The Labute approximate surface area is 247 Å². The van der Waals surface area contributed by atoms with E-state index in [1.54, 1.807) is 6.20 Å². The first-order valence-electron chi connectivity index (χ1n) is 15.1. The molecule has 1 aromatic carbocycles. The highest BCUT2D eigenvalue weighted by molar-refractivity contribution is 5.99. The molecule has 0 bridgehead atoms. The van der Waals surface area contributed by atoms with Crippen molar-refractivity contribution in [3.63, 3.8) is 0 Å². The molecule has 2 atom stereocenters. The minimum atomic E-state index is -0.190. The number of amides is 3. The number of nitrogens with one attached hydrogen (secondary N) is 2. The fourth-order valence-corrected chi connectivity index (χ4v) is 6.27. The van der Waals surface area contributed by atoms with E-state index >= 15 is 0 Å². The second-order valence-corrected chi connectivity index (χ2v) is 11.0. The number of piperazine rings is 1. The Balaban J connectivity index is 1.28. The quantitative estimate of drug-likeness (QED) is 0.447. The highest BCUT2D eigenvalue weighted by Crippen LogP contribution is 2.33. The van der Waals surface area contributed by atoms with Gasteiger partial charge in [0.05, 0.1) is 23.6 Å². The molecule has 3 aliphatic rings. The number of para-hydroxylation sites is 1. The molecule has 220 valence electrons. The number of anilines is 2. The van der Waals surface area contributed by atoms with E-state index in [4.69, 9.17) is 9.72 Å². The van der Waals surface area contributed by atoms with E-state index in [-0.39, 0.29) is 24.0 Å². The molecule has 2 saturated heterocycles. The van der Waals surface area contributed by atoms with Gasteiger partial charge in [-0.1, -0.05) is 25.1 Å². The third-order valence-corrected chi connectivity index (χ3v) is 8.46. The van der Waals surface area contributed by atoms with Crippen molar-refractivity contribution in [3.05, 3.63) is 66.0 Å². The lowest BCUT2D eigenvalue weighted by atomic mass is 10.1. The van der Waals surface area contributed by atoms with Crippen molar-refractivity contribution in [2.75, 3.05) is 55.7 Å². The summed E-state index contributed by atoms with van der Waals surface area (Å²) >= 11 is 0. The van der Waals surface area contributed by atoms with Crippen LogP contribution in [0, 0.1) is 0 Å². The number of hydrogen-bond acceptors (Lipinski definition) is 7. The van der Waals surface area contributed by atoms with Gasteiger partial charge in [-0.05, 0) is 68.6 Å². The number of urea groups is 1. The Hall–Kier alpha value is -4.18. The van der Waals surface area contributed by atoms with Crippen LogP contribution in [-0.4, -0.2) is 84.8 Å². The zero-order chi connectivity index (χ0) is 29.1. The minimum absolute atomic E-state index is 0.0465. The third kappa shape index (κ3) is 5.51. The first-order chi connectivity index (χ1) is 20.6. The molecule has 2 N–H and O–H groups in total. The molecule has 0 radical (unpaired) electrons. The summed E-state index contributed by atoms with van der Waals surface area (Å²) in [5.41, 5.74) is 4.79. The van der Waals surface area contributed by atoms with Crippen molar-refractivity contribution in [2.45, 2.75) is 45.2 Å². The van der Waals surface area contributed by atoms with E-state index in [0.29, 0.717) is 50.1 Å². The summed E-state index contributed by atoms with van der Waals surface area (Å²) in [6.07, 6.45) is 4.29. The Bertz CT molecular complexity index is 1440. The van der Waals surface area contributed by atoms with Crippen molar-refractivity contribution in [2.24, 2.45) is 0 Å². The van der Waals surface area contributed by atoms with Gasteiger partial charge in [-0.3, -0.25) is 9.69 Å². The maximum Gasteiger partial charge on any atom is 0.324 e. The molecule has 10 heteroatoms. The van der Waals surface area contributed by atoms with Crippen LogP contribution in [0.25, 0.3) is 11.3 Å². The SMILES string of the molecule is CCOc1ncccc1-c1ccc(N2CCN(C(=O)N3CCc4ccccc43)C[C@H]2CC)c(C(=O)N[C@@H]2CCNC2)n1. The first-order valence-corrected chi connectivity index (χ1v) is 15.1. The lowest BCUT2D eigenvalue weighted by Crippen LogP contribution is -2.57. The number of aromatic nitrogens is 2. The van der Waals surface area contributed by atoms with Crippen molar-refractivity contribution in [1.82, 2.24) is 25.5 Å². The maximum atomic E-state index is 13.8. The molecule has 2 aromatic heterocycles. The molecular formula is C32H39N7O3. The second kappa shape index (κ2) is 12.4. The summed E-state index contributed by atoms with van der Waals surface area (Å²) in [5.74, 6) is 0.304. The van der Waals surface area contributed by atoms with Crippen LogP contribution in [0.2, 0.25) is 0 Å². The van der Waals surface area contributed by atoms with Gasteiger partial charge in [0.1, 0.15) is 0 Å². The molecule has 3 amide bonds. The van der Waals surface area contributed by atoms with Crippen LogP contribution in [-0.2, 0) is 6.42 Å². The molecule has 3 aromatic rings. The van der Waals surface area contributed by atoms with Crippen LogP contribution < -0.4 is 25.2 Å². The zero-order valence-electron chi connectivity index (χ0n) is 24.4. The second-order valence-electron chi connectivity index (χ2n) is 11.0. The smallest absolute Gasteiger partial charge is 0.324 e. The zero-order valence-corrected chi connectivity index (χ0v) is 24.4. The van der Waals surface area contributed by atoms with E-state index in [2.05, 4.69) is 33.5 Å². The van der Waals surface area contributed by atoms with E-state index < -0.39 is 0 Å². The van der Waals surface area contributed by atoms with Crippen molar-refractivity contribution in [1.29, 1.82) is 0 Å². The average molecular weight is 570 g/mol. The van der Waals surface area contributed by atoms with E-state index in [1.807, 2.05) is 59.2 Å². The fourth-order valence-electron chi connectivity index (χ4n) is 6.27. The largest absolute Gasteiger partial charge is 0.477 e. The Morgan fingerprint density at radius 1 is 1.05 bits per heavy atom. The molecule has 0 spiro atoms. The predicted octanol–water partition coefficient (Wildman–Crippen LogP) is 3.72. The monoisotopic (exact) mass is 569 g/mol. The lowest BCUT2D eigenvalue weighted by molar-refractivity contribution is 0.0935. The lowest BCUT2D eigenvalue weighted by Gasteiger charge is -2.43. The summed E-state index contributed by atoms with van der Waals surface area (Å²) in [4.78, 5) is 42.9. The molecule has 3 aliphatic heterocycles. The van der Waals surface area contributed by atoms with Gasteiger partial charge in [-0.15, -0.1) is 0 Å². The third-order valence-electron chi connectivity index (χ3n) is 8.46. The summed E-state index contributed by atoms with van der Waals surface area (Å²) in [6, 6.07) is 16.0. The average Bonchev–Trinajstić information content (AvgIpc) is 3.71. The fraction of sp³-hybridized carbons (Fsp3) is 0.438. The van der Waals surface area contributed by atoms with E-state index in [0.717, 1.165) is 49.3 Å². The van der Waals surface area contributed by atoms with Crippen LogP contribution >= 0.6 is 0 Å². The highest BCUT2D eigenvalue weighted by Gasteiger charge is 2.35. The number of nitrogens with zero attached hydrogens (tertiary/aromatic N) is 5. The molecule has 5 heterocycles. The predicted molar refractivity (Wildman–Crippen MR) is 163 cm³/mol. The molecule has 0 aliphatic carbocycles. The summed E-state index contributed by atoms with van der Waals surface area (Å²) < 4.78 is 5.77. The normalized spacial score (nSPS) is 20.0. The number of carbonyl (C=O) groups excluding carboxylic acids is 2. The van der Waals surface area contributed by atoms with Crippen molar-refractivity contribution in [3.8, 4) is 17.1 Å². The number of fused-ring (bicyclic) bond motifs is 1. The van der Waals surface area contributed by atoms with Gasteiger partial charge >= 0.3 is 6.03 Å².